The third-order valence-corrected chi connectivity index (χ3v) is 5.16. The average Bonchev–Trinajstić information content (AvgIpc) is 2.93. The van der Waals surface area contributed by atoms with Crippen LogP contribution in [0.15, 0.2) is 18.2 Å². The highest BCUT2D eigenvalue weighted by molar-refractivity contribution is 5.86. The molecule has 4 rings (SSSR count). The van der Waals surface area contributed by atoms with E-state index in [0.29, 0.717) is 19.1 Å². The van der Waals surface area contributed by atoms with Crippen LogP contribution in [0.1, 0.15) is 43.4 Å². The van der Waals surface area contributed by atoms with Gasteiger partial charge in [-0.15, -0.1) is 0 Å². The molecule has 0 bridgehead atoms. The van der Waals surface area contributed by atoms with Crippen LogP contribution in [0.4, 0.5) is 9.18 Å². The van der Waals surface area contributed by atoms with E-state index in [2.05, 4.69) is 10.3 Å². The van der Waals surface area contributed by atoms with Gasteiger partial charge in [0.1, 0.15) is 5.82 Å². The lowest BCUT2D eigenvalue weighted by atomic mass is 9.95. The number of aromatic amines is 1. The SMILES string of the molecule is O=C(NC1CCCCC1)N1CCc2[nH]c3ccc(F)cc3c2C1. The van der Waals surface area contributed by atoms with Crippen LogP contribution in [0.5, 0.6) is 0 Å². The van der Waals surface area contributed by atoms with Gasteiger partial charge in [0.15, 0.2) is 0 Å². The maximum atomic E-state index is 13.5. The van der Waals surface area contributed by atoms with Gasteiger partial charge in [-0.2, -0.15) is 0 Å². The monoisotopic (exact) mass is 315 g/mol. The van der Waals surface area contributed by atoms with Gasteiger partial charge < -0.3 is 15.2 Å². The first-order valence-corrected chi connectivity index (χ1v) is 8.55. The van der Waals surface area contributed by atoms with E-state index in [-0.39, 0.29) is 11.8 Å². The van der Waals surface area contributed by atoms with E-state index in [1.807, 2.05) is 4.90 Å². The fourth-order valence-electron chi connectivity index (χ4n) is 3.87. The molecule has 122 valence electrons. The summed E-state index contributed by atoms with van der Waals surface area (Å²) in [6.07, 6.45) is 6.66. The molecule has 0 unspecified atom stereocenters. The second kappa shape index (κ2) is 5.87. The Morgan fingerprint density at radius 3 is 2.91 bits per heavy atom. The summed E-state index contributed by atoms with van der Waals surface area (Å²) >= 11 is 0. The standard InChI is InChI=1S/C18H22FN3O/c19-12-6-7-16-14(10-12)15-11-22(9-8-17(15)21-16)18(23)20-13-4-2-1-3-5-13/h6-7,10,13,21H,1-5,8-9,11H2,(H,20,23). The molecule has 5 heteroatoms. The Bertz CT molecular complexity index is 733. The zero-order chi connectivity index (χ0) is 15.8. The van der Waals surface area contributed by atoms with Gasteiger partial charge in [-0.1, -0.05) is 19.3 Å². The molecule has 2 amide bonds. The maximum absolute atomic E-state index is 13.5. The number of carbonyl (C=O) groups is 1. The average molecular weight is 315 g/mol. The summed E-state index contributed by atoms with van der Waals surface area (Å²) in [6, 6.07) is 5.15. The normalized spacial score (nSPS) is 18.9. The van der Waals surface area contributed by atoms with Crippen LogP contribution in [0.25, 0.3) is 10.9 Å². The van der Waals surface area contributed by atoms with Gasteiger partial charge in [-0.05, 0) is 31.0 Å². The van der Waals surface area contributed by atoms with Crippen LogP contribution in [0, 0.1) is 5.82 Å². The minimum atomic E-state index is -0.233. The van der Waals surface area contributed by atoms with Gasteiger partial charge >= 0.3 is 6.03 Å². The number of halogens is 1. The quantitative estimate of drug-likeness (QED) is 0.828. The number of carbonyl (C=O) groups excluding carboxylic acids is 1. The van der Waals surface area contributed by atoms with Crippen LogP contribution in [0.2, 0.25) is 0 Å². The number of rotatable bonds is 1. The molecular weight excluding hydrogens is 293 g/mol. The van der Waals surface area contributed by atoms with E-state index in [1.54, 1.807) is 12.1 Å². The van der Waals surface area contributed by atoms with Crippen molar-refractivity contribution in [1.29, 1.82) is 0 Å². The van der Waals surface area contributed by atoms with Crippen molar-refractivity contribution in [2.45, 2.75) is 51.1 Å². The molecule has 1 aromatic carbocycles. The molecular formula is C18H22FN3O. The van der Waals surface area contributed by atoms with Crippen LogP contribution >= 0.6 is 0 Å². The van der Waals surface area contributed by atoms with Crippen molar-refractivity contribution in [3.05, 3.63) is 35.3 Å². The van der Waals surface area contributed by atoms with Crippen molar-refractivity contribution >= 4 is 16.9 Å². The number of hydrogen-bond donors (Lipinski definition) is 2. The number of nitrogens with one attached hydrogen (secondary N) is 2. The van der Waals surface area contributed by atoms with Crippen molar-refractivity contribution in [3.8, 4) is 0 Å². The molecule has 0 radical (unpaired) electrons. The molecule has 0 spiro atoms. The number of urea groups is 1. The summed E-state index contributed by atoms with van der Waals surface area (Å²) in [5.41, 5.74) is 3.14. The fourth-order valence-corrected chi connectivity index (χ4v) is 3.87. The summed E-state index contributed by atoms with van der Waals surface area (Å²) in [6.45, 7) is 1.26. The summed E-state index contributed by atoms with van der Waals surface area (Å²) in [7, 11) is 0. The molecule has 1 fully saturated rings. The van der Waals surface area contributed by atoms with Gasteiger partial charge in [-0.25, -0.2) is 9.18 Å². The fraction of sp³-hybridized carbons (Fsp3) is 0.500. The molecule has 2 aromatic rings. The topological polar surface area (TPSA) is 48.1 Å². The minimum Gasteiger partial charge on any atom is -0.358 e. The lowest BCUT2D eigenvalue weighted by molar-refractivity contribution is 0.185. The molecule has 23 heavy (non-hydrogen) atoms. The first-order chi connectivity index (χ1) is 11.2. The van der Waals surface area contributed by atoms with Crippen molar-refractivity contribution < 1.29 is 9.18 Å². The van der Waals surface area contributed by atoms with Crippen LogP contribution in [-0.4, -0.2) is 28.5 Å². The van der Waals surface area contributed by atoms with Crippen LogP contribution < -0.4 is 5.32 Å². The van der Waals surface area contributed by atoms with Crippen LogP contribution in [0.3, 0.4) is 0 Å². The van der Waals surface area contributed by atoms with Crippen molar-refractivity contribution in [1.82, 2.24) is 15.2 Å². The lowest BCUT2D eigenvalue weighted by Crippen LogP contribution is -2.47. The van der Waals surface area contributed by atoms with Crippen molar-refractivity contribution in [2.24, 2.45) is 0 Å². The predicted molar refractivity (Wildman–Crippen MR) is 87.8 cm³/mol. The Morgan fingerprint density at radius 2 is 2.09 bits per heavy atom. The van der Waals surface area contributed by atoms with Gasteiger partial charge in [-0.3, -0.25) is 0 Å². The number of aromatic nitrogens is 1. The Kier molecular flexibility index (Phi) is 3.71. The first-order valence-electron chi connectivity index (χ1n) is 8.55. The highest BCUT2D eigenvalue weighted by atomic mass is 19.1. The van der Waals surface area contributed by atoms with Gasteiger partial charge in [0.05, 0.1) is 0 Å². The second-order valence-electron chi connectivity index (χ2n) is 6.73. The number of nitrogens with zero attached hydrogens (tertiary/aromatic N) is 1. The summed E-state index contributed by atoms with van der Waals surface area (Å²) in [5.74, 6) is -0.233. The van der Waals surface area contributed by atoms with Crippen molar-refractivity contribution in [3.63, 3.8) is 0 Å². The smallest absolute Gasteiger partial charge is 0.317 e. The van der Waals surface area contributed by atoms with E-state index in [9.17, 15) is 9.18 Å². The van der Waals surface area contributed by atoms with Gasteiger partial charge in [0.25, 0.3) is 0 Å². The number of amides is 2. The van der Waals surface area contributed by atoms with Gasteiger partial charge in [0.2, 0.25) is 0 Å². The maximum Gasteiger partial charge on any atom is 0.317 e. The van der Waals surface area contributed by atoms with Crippen LogP contribution in [-0.2, 0) is 13.0 Å². The Labute approximate surface area is 135 Å². The Morgan fingerprint density at radius 1 is 1.26 bits per heavy atom. The molecule has 1 aliphatic carbocycles. The molecule has 1 aromatic heterocycles. The zero-order valence-electron chi connectivity index (χ0n) is 13.2. The number of H-pyrrole nitrogens is 1. The lowest BCUT2D eigenvalue weighted by Gasteiger charge is -2.31. The van der Waals surface area contributed by atoms with E-state index < -0.39 is 0 Å². The molecule has 2 heterocycles. The van der Waals surface area contributed by atoms with E-state index in [4.69, 9.17) is 0 Å². The summed E-state index contributed by atoms with van der Waals surface area (Å²) < 4.78 is 13.5. The summed E-state index contributed by atoms with van der Waals surface area (Å²) in [5, 5.41) is 4.07. The highest BCUT2D eigenvalue weighted by Gasteiger charge is 2.26. The van der Waals surface area contributed by atoms with E-state index >= 15 is 0 Å². The van der Waals surface area contributed by atoms with E-state index in [0.717, 1.165) is 41.4 Å². The predicted octanol–water partition coefficient (Wildman–Crippen LogP) is 3.71. The van der Waals surface area contributed by atoms with Gasteiger partial charge in [0, 0.05) is 47.7 Å². The molecule has 1 saturated carbocycles. The highest BCUT2D eigenvalue weighted by Crippen LogP contribution is 2.28. The summed E-state index contributed by atoms with van der Waals surface area (Å²) in [4.78, 5) is 17.7. The third kappa shape index (κ3) is 2.80. The number of fused-ring (bicyclic) bond motifs is 3. The first kappa shape index (κ1) is 14.5. The second-order valence-corrected chi connectivity index (χ2v) is 6.73. The zero-order valence-corrected chi connectivity index (χ0v) is 13.2. The molecule has 4 nitrogen and oxygen atoms in total. The Balaban J connectivity index is 1.52. The third-order valence-electron chi connectivity index (χ3n) is 5.16. The Hall–Kier alpha value is -2.04. The van der Waals surface area contributed by atoms with Crippen molar-refractivity contribution in [2.75, 3.05) is 6.54 Å². The largest absolute Gasteiger partial charge is 0.358 e. The number of hydrogen-bond acceptors (Lipinski definition) is 1. The molecule has 1 aliphatic heterocycles. The molecule has 0 atom stereocenters. The molecule has 2 N–H and O–H groups in total. The molecule has 2 aliphatic rings. The minimum absolute atomic E-state index is 0.0216. The number of benzene rings is 1. The molecule has 0 saturated heterocycles. The van der Waals surface area contributed by atoms with E-state index in [1.165, 1.54) is 25.3 Å².